The summed E-state index contributed by atoms with van der Waals surface area (Å²) in [6.45, 7) is 4.91. The van der Waals surface area contributed by atoms with Crippen molar-refractivity contribution in [2.45, 2.75) is 26.8 Å². The molecule has 0 bridgehead atoms. The summed E-state index contributed by atoms with van der Waals surface area (Å²) in [6.07, 6.45) is 0. The predicted octanol–water partition coefficient (Wildman–Crippen LogP) is 1.24. The van der Waals surface area contributed by atoms with E-state index in [0.29, 0.717) is 11.4 Å². The molecule has 5 heteroatoms. The van der Waals surface area contributed by atoms with Gasteiger partial charge in [-0.25, -0.2) is 0 Å². The number of aryl methyl sites for hydroxylation is 1. The summed E-state index contributed by atoms with van der Waals surface area (Å²) in [5.74, 6) is -0.411. The molecule has 0 spiro atoms. The Morgan fingerprint density at radius 3 is 2.47 bits per heavy atom. The molecule has 2 amide bonds. The molecule has 92 valence electrons. The summed E-state index contributed by atoms with van der Waals surface area (Å²) in [7, 11) is 0. The van der Waals surface area contributed by atoms with Crippen LogP contribution >= 0.6 is 0 Å². The number of anilines is 2. The van der Waals surface area contributed by atoms with Gasteiger partial charge in [0.1, 0.15) is 0 Å². The SMILES string of the molecule is CC(=O)Nc1ccc(C)c(NC(=O)C(C)N)c1. The Morgan fingerprint density at radius 2 is 1.94 bits per heavy atom. The number of carbonyl (C=O) groups is 2. The van der Waals surface area contributed by atoms with E-state index in [2.05, 4.69) is 10.6 Å². The summed E-state index contributed by atoms with van der Waals surface area (Å²) in [5, 5.41) is 5.36. The van der Waals surface area contributed by atoms with E-state index in [1.807, 2.05) is 13.0 Å². The number of benzene rings is 1. The second-order valence-corrected chi connectivity index (χ2v) is 3.99. The number of nitrogens with two attached hydrogens (primary N) is 1. The molecule has 17 heavy (non-hydrogen) atoms. The minimum absolute atomic E-state index is 0.154. The number of hydrogen-bond donors (Lipinski definition) is 3. The van der Waals surface area contributed by atoms with E-state index in [4.69, 9.17) is 5.73 Å². The highest BCUT2D eigenvalue weighted by Crippen LogP contribution is 2.20. The maximum absolute atomic E-state index is 11.5. The average molecular weight is 235 g/mol. The van der Waals surface area contributed by atoms with Gasteiger partial charge in [-0.2, -0.15) is 0 Å². The van der Waals surface area contributed by atoms with Gasteiger partial charge in [0.2, 0.25) is 11.8 Å². The fraction of sp³-hybridized carbons (Fsp3) is 0.333. The molecule has 0 saturated carbocycles. The molecule has 0 heterocycles. The van der Waals surface area contributed by atoms with Crippen LogP contribution in [-0.4, -0.2) is 17.9 Å². The van der Waals surface area contributed by atoms with Crippen molar-refractivity contribution in [2.75, 3.05) is 10.6 Å². The highest BCUT2D eigenvalue weighted by atomic mass is 16.2. The minimum atomic E-state index is -0.571. The first kappa shape index (κ1) is 13.2. The largest absolute Gasteiger partial charge is 0.326 e. The van der Waals surface area contributed by atoms with Crippen LogP contribution in [0, 0.1) is 6.92 Å². The smallest absolute Gasteiger partial charge is 0.241 e. The predicted molar refractivity (Wildman–Crippen MR) is 67.8 cm³/mol. The summed E-state index contributed by atoms with van der Waals surface area (Å²) < 4.78 is 0. The minimum Gasteiger partial charge on any atom is -0.326 e. The van der Waals surface area contributed by atoms with Crippen LogP contribution in [0.4, 0.5) is 11.4 Å². The van der Waals surface area contributed by atoms with E-state index < -0.39 is 6.04 Å². The zero-order valence-electron chi connectivity index (χ0n) is 10.2. The van der Waals surface area contributed by atoms with Gasteiger partial charge in [0.05, 0.1) is 6.04 Å². The van der Waals surface area contributed by atoms with Crippen molar-refractivity contribution in [3.8, 4) is 0 Å². The zero-order chi connectivity index (χ0) is 13.0. The maximum Gasteiger partial charge on any atom is 0.241 e. The molecule has 5 nitrogen and oxygen atoms in total. The molecule has 0 aromatic heterocycles. The molecule has 0 aliphatic rings. The molecule has 1 unspecified atom stereocenters. The topological polar surface area (TPSA) is 84.2 Å². The third-order valence-electron chi connectivity index (χ3n) is 2.23. The summed E-state index contributed by atoms with van der Waals surface area (Å²) >= 11 is 0. The molecule has 0 aliphatic carbocycles. The second kappa shape index (κ2) is 5.45. The fourth-order valence-corrected chi connectivity index (χ4v) is 1.28. The molecular formula is C12H17N3O2. The van der Waals surface area contributed by atoms with Gasteiger partial charge >= 0.3 is 0 Å². The van der Waals surface area contributed by atoms with Gasteiger partial charge in [0, 0.05) is 18.3 Å². The standard InChI is InChI=1S/C12H17N3O2/c1-7-4-5-10(14-9(3)16)6-11(7)15-12(17)8(2)13/h4-6,8H,13H2,1-3H3,(H,14,16)(H,15,17). The van der Waals surface area contributed by atoms with Crippen LogP contribution in [0.15, 0.2) is 18.2 Å². The monoisotopic (exact) mass is 235 g/mol. The van der Waals surface area contributed by atoms with E-state index in [1.165, 1.54) is 6.92 Å². The van der Waals surface area contributed by atoms with Gasteiger partial charge in [-0.1, -0.05) is 6.07 Å². The van der Waals surface area contributed by atoms with Gasteiger partial charge < -0.3 is 16.4 Å². The van der Waals surface area contributed by atoms with Crippen LogP contribution in [0.3, 0.4) is 0 Å². The van der Waals surface area contributed by atoms with Gasteiger partial charge in [0.15, 0.2) is 0 Å². The summed E-state index contributed by atoms with van der Waals surface area (Å²) in [6, 6.07) is 4.73. The summed E-state index contributed by atoms with van der Waals surface area (Å²) in [4.78, 5) is 22.4. The van der Waals surface area contributed by atoms with Crippen LogP contribution in [0.2, 0.25) is 0 Å². The highest BCUT2D eigenvalue weighted by Gasteiger charge is 2.09. The van der Waals surface area contributed by atoms with Crippen molar-refractivity contribution in [3.05, 3.63) is 23.8 Å². The van der Waals surface area contributed by atoms with E-state index >= 15 is 0 Å². The molecule has 1 rings (SSSR count). The highest BCUT2D eigenvalue weighted by molar-refractivity contribution is 5.96. The lowest BCUT2D eigenvalue weighted by Gasteiger charge is -2.12. The van der Waals surface area contributed by atoms with Crippen LogP contribution in [0.1, 0.15) is 19.4 Å². The molecular weight excluding hydrogens is 218 g/mol. The van der Waals surface area contributed by atoms with Gasteiger partial charge in [-0.3, -0.25) is 9.59 Å². The molecule has 1 atom stereocenters. The Hall–Kier alpha value is -1.88. The van der Waals surface area contributed by atoms with Crippen molar-refractivity contribution in [1.29, 1.82) is 0 Å². The molecule has 0 saturated heterocycles. The first-order valence-corrected chi connectivity index (χ1v) is 5.35. The van der Waals surface area contributed by atoms with Crippen molar-refractivity contribution in [1.82, 2.24) is 0 Å². The van der Waals surface area contributed by atoms with Crippen LogP contribution < -0.4 is 16.4 Å². The van der Waals surface area contributed by atoms with Gasteiger partial charge in [-0.15, -0.1) is 0 Å². The van der Waals surface area contributed by atoms with E-state index in [-0.39, 0.29) is 11.8 Å². The molecule has 4 N–H and O–H groups in total. The lowest BCUT2D eigenvalue weighted by atomic mass is 10.1. The lowest BCUT2D eigenvalue weighted by molar-refractivity contribution is -0.117. The number of rotatable bonds is 3. The quantitative estimate of drug-likeness (QED) is 0.737. The van der Waals surface area contributed by atoms with Crippen molar-refractivity contribution in [2.24, 2.45) is 5.73 Å². The van der Waals surface area contributed by atoms with Crippen LogP contribution in [0.25, 0.3) is 0 Å². The Kier molecular flexibility index (Phi) is 4.23. The summed E-state index contributed by atoms with van der Waals surface area (Å²) in [5.41, 5.74) is 7.67. The second-order valence-electron chi connectivity index (χ2n) is 3.99. The number of amides is 2. The van der Waals surface area contributed by atoms with Crippen LogP contribution in [0.5, 0.6) is 0 Å². The fourth-order valence-electron chi connectivity index (χ4n) is 1.28. The first-order chi connectivity index (χ1) is 7.90. The normalized spacial score (nSPS) is 11.8. The Labute approximate surface area is 100 Å². The molecule has 1 aromatic rings. The number of carbonyl (C=O) groups excluding carboxylic acids is 2. The van der Waals surface area contributed by atoms with E-state index in [9.17, 15) is 9.59 Å². The van der Waals surface area contributed by atoms with E-state index in [1.54, 1.807) is 19.1 Å². The average Bonchev–Trinajstić information content (AvgIpc) is 2.22. The van der Waals surface area contributed by atoms with Gasteiger partial charge in [-0.05, 0) is 31.5 Å². The number of hydrogen-bond acceptors (Lipinski definition) is 3. The Bertz CT molecular complexity index is 441. The Morgan fingerprint density at radius 1 is 1.29 bits per heavy atom. The third-order valence-corrected chi connectivity index (χ3v) is 2.23. The van der Waals surface area contributed by atoms with Gasteiger partial charge in [0.25, 0.3) is 0 Å². The van der Waals surface area contributed by atoms with Crippen molar-refractivity contribution < 1.29 is 9.59 Å². The first-order valence-electron chi connectivity index (χ1n) is 5.35. The number of nitrogens with one attached hydrogen (secondary N) is 2. The molecule has 0 fully saturated rings. The molecule has 0 radical (unpaired) electrons. The lowest BCUT2D eigenvalue weighted by Crippen LogP contribution is -2.32. The zero-order valence-corrected chi connectivity index (χ0v) is 10.2. The molecule has 0 aliphatic heterocycles. The Balaban J connectivity index is 2.90. The van der Waals surface area contributed by atoms with Crippen molar-refractivity contribution >= 4 is 23.2 Å². The molecule has 1 aromatic carbocycles. The maximum atomic E-state index is 11.5. The third kappa shape index (κ3) is 3.88. The van der Waals surface area contributed by atoms with Crippen LogP contribution in [-0.2, 0) is 9.59 Å². The van der Waals surface area contributed by atoms with E-state index in [0.717, 1.165) is 5.56 Å². The van der Waals surface area contributed by atoms with Crippen molar-refractivity contribution in [3.63, 3.8) is 0 Å².